The van der Waals surface area contributed by atoms with Crippen LogP contribution >= 0.6 is 11.6 Å². The average Bonchev–Trinajstić information content (AvgIpc) is 2.30. The van der Waals surface area contributed by atoms with Crippen LogP contribution in [0, 0.1) is 0 Å². The fourth-order valence-electron chi connectivity index (χ4n) is 1.73. The number of halogens is 1. The average molecular weight is 275 g/mol. The molecular weight excluding hydrogens is 264 g/mol. The molecule has 2 unspecified atom stereocenters. The van der Waals surface area contributed by atoms with E-state index in [1.165, 1.54) is 12.3 Å². The van der Waals surface area contributed by atoms with E-state index < -0.39 is 22.2 Å². The standard InChI is InChI=1S/C11H11ClO4S/c1-17(15)11(5-13)6-16-9-3-2-7(12)4-8(9)10(11)14/h2-4,13H,5-6H2,1H3. The predicted octanol–water partition coefficient (Wildman–Crippen LogP) is 1.02. The van der Waals surface area contributed by atoms with Crippen molar-refractivity contribution >= 4 is 28.2 Å². The second kappa shape index (κ2) is 4.40. The topological polar surface area (TPSA) is 63.6 Å². The van der Waals surface area contributed by atoms with E-state index in [9.17, 15) is 14.1 Å². The van der Waals surface area contributed by atoms with Crippen molar-refractivity contribution in [3.05, 3.63) is 28.8 Å². The van der Waals surface area contributed by atoms with Gasteiger partial charge in [0.05, 0.1) is 12.2 Å². The van der Waals surface area contributed by atoms with Gasteiger partial charge in [-0.25, -0.2) is 0 Å². The van der Waals surface area contributed by atoms with Crippen LogP contribution in [0.1, 0.15) is 10.4 Å². The van der Waals surface area contributed by atoms with E-state index in [-0.39, 0.29) is 18.0 Å². The number of ether oxygens (including phenoxy) is 1. The van der Waals surface area contributed by atoms with Gasteiger partial charge >= 0.3 is 0 Å². The van der Waals surface area contributed by atoms with Gasteiger partial charge in [-0.1, -0.05) is 11.6 Å². The summed E-state index contributed by atoms with van der Waals surface area (Å²) in [5.74, 6) is 0.0264. The van der Waals surface area contributed by atoms with Crippen molar-refractivity contribution < 1.29 is 18.8 Å². The Hall–Kier alpha value is -0.910. The van der Waals surface area contributed by atoms with Gasteiger partial charge in [-0.15, -0.1) is 0 Å². The summed E-state index contributed by atoms with van der Waals surface area (Å²) in [6, 6.07) is 4.67. The lowest BCUT2D eigenvalue weighted by Crippen LogP contribution is -2.53. The van der Waals surface area contributed by atoms with Gasteiger partial charge in [-0.05, 0) is 18.2 Å². The first-order chi connectivity index (χ1) is 8.01. The minimum Gasteiger partial charge on any atom is -0.491 e. The Kier molecular flexibility index (Phi) is 3.25. The number of aliphatic hydroxyl groups excluding tert-OH is 1. The Morgan fingerprint density at radius 1 is 1.59 bits per heavy atom. The number of Topliss-reactive ketones (excluding diaryl/α,β-unsaturated/α-hetero) is 1. The van der Waals surface area contributed by atoms with Gasteiger partial charge < -0.3 is 9.84 Å². The smallest absolute Gasteiger partial charge is 0.191 e. The molecule has 0 saturated carbocycles. The molecule has 0 saturated heterocycles. The van der Waals surface area contributed by atoms with Crippen LogP contribution in [-0.2, 0) is 10.8 Å². The normalized spacial score (nSPS) is 25.0. The third kappa shape index (κ3) is 1.88. The summed E-state index contributed by atoms with van der Waals surface area (Å²) in [6.07, 6.45) is 1.38. The van der Waals surface area contributed by atoms with Crippen LogP contribution in [0.15, 0.2) is 18.2 Å². The summed E-state index contributed by atoms with van der Waals surface area (Å²) in [5.41, 5.74) is 0.271. The van der Waals surface area contributed by atoms with Gasteiger partial charge in [0.15, 0.2) is 10.5 Å². The Labute approximate surface area is 106 Å². The monoisotopic (exact) mass is 274 g/mol. The molecule has 1 aliphatic rings. The minimum absolute atomic E-state index is 0.0833. The van der Waals surface area contributed by atoms with Gasteiger partial charge in [0, 0.05) is 22.1 Å². The molecule has 0 aromatic heterocycles. The maximum absolute atomic E-state index is 12.3. The van der Waals surface area contributed by atoms with Gasteiger partial charge in [0.1, 0.15) is 12.4 Å². The summed E-state index contributed by atoms with van der Waals surface area (Å²) in [5, 5.41) is 9.75. The highest BCUT2D eigenvalue weighted by Crippen LogP contribution is 2.33. The Morgan fingerprint density at radius 3 is 2.88 bits per heavy atom. The number of carbonyl (C=O) groups is 1. The van der Waals surface area contributed by atoms with Crippen LogP contribution in [-0.4, -0.2) is 39.3 Å². The lowest BCUT2D eigenvalue weighted by atomic mass is 9.95. The molecule has 6 heteroatoms. The van der Waals surface area contributed by atoms with Crippen LogP contribution < -0.4 is 4.74 Å². The molecule has 4 nitrogen and oxygen atoms in total. The molecule has 0 bridgehead atoms. The number of ketones is 1. The second-order valence-corrected chi connectivity index (χ2v) is 5.99. The molecule has 17 heavy (non-hydrogen) atoms. The minimum atomic E-state index is -1.52. The number of rotatable bonds is 2. The molecule has 1 aromatic carbocycles. The molecule has 1 N–H and O–H groups in total. The fraction of sp³-hybridized carbons (Fsp3) is 0.364. The van der Waals surface area contributed by atoms with Crippen molar-refractivity contribution in [2.45, 2.75) is 4.75 Å². The number of hydrogen-bond donors (Lipinski definition) is 1. The molecular formula is C11H11ClO4S. The van der Waals surface area contributed by atoms with Crippen LogP contribution in [0.4, 0.5) is 0 Å². The van der Waals surface area contributed by atoms with E-state index >= 15 is 0 Å². The molecule has 92 valence electrons. The first-order valence-corrected chi connectivity index (χ1v) is 6.86. The van der Waals surface area contributed by atoms with Crippen LogP contribution in [0.5, 0.6) is 5.75 Å². The zero-order valence-electron chi connectivity index (χ0n) is 9.10. The van der Waals surface area contributed by atoms with Crippen molar-refractivity contribution in [3.63, 3.8) is 0 Å². The summed E-state index contributed by atoms with van der Waals surface area (Å²) in [6.45, 7) is -0.596. The molecule has 0 spiro atoms. The Balaban J connectivity index is 2.55. The zero-order valence-corrected chi connectivity index (χ0v) is 10.7. The Bertz CT molecular complexity index is 502. The first kappa shape index (κ1) is 12.5. The van der Waals surface area contributed by atoms with Crippen molar-refractivity contribution in [1.82, 2.24) is 0 Å². The maximum Gasteiger partial charge on any atom is 0.191 e. The van der Waals surface area contributed by atoms with Crippen molar-refractivity contribution in [1.29, 1.82) is 0 Å². The molecule has 0 aliphatic carbocycles. The van der Waals surface area contributed by atoms with Crippen molar-refractivity contribution in [2.24, 2.45) is 0 Å². The van der Waals surface area contributed by atoms with Gasteiger partial charge in [-0.3, -0.25) is 9.00 Å². The first-order valence-electron chi connectivity index (χ1n) is 4.93. The molecule has 0 radical (unpaired) electrons. The van der Waals surface area contributed by atoms with E-state index in [1.807, 2.05) is 0 Å². The van der Waals surface area contributed by atoms with Crippen LogP contribution in [0.3, 0.4) is 0 Å². The third-order valence-corrected chi connectivity index (χ3v) is 4.63. The van der Waals surface area contributed by atoms with E-state index in [0.29, 0.717) is 10.8 Å². The van der Waals surface area contributed by atoms with Gasteiger partial charge in [0.2, 0.25) is 0 Å². The fourth-order valence-corrected chi connectivity index (χ4v) is 2.68. The molecule has 0 fully saturated rings. The van der Waals surface area contributed by atoms with Gasteiger partial charge in [-0.2, -0.15) is 0 Å². The lowest BCUT2D eigenvalue weighted by Gasteiger charge is -2.32. The molecule has 1 aliphatic heterocycles. The number of benzene rings is 1. The van der Waals surface area contributed by atoms with Crippen LogP contribution in [0.2, 0.25) is 5.02 Å². The van der Waals surface area contributed by atoms with Crippen molar-refractivity contribution in [2.75, 3.05) is 19.5 Å². The molecule has 0 amide bonds. The lowest BCUT2D eigenvalue weighted by molar-refractivity contribution is 0.0791. The number of fused-ring (bicyclic) bond motifs is 1. The summed E-state index contributed by atoms with van der Waals surface area (Å²) < 4.78 is 15.7. The SMILES string of the molecule is CS(=O)C1(CO)COc2ccc(Cl)cc2C1=O. The summed E-state index contributed by atoms with van der Waals surface area (Å²) in [7, 11) is -1.52. The molecule has 2 atom stereocenters. The summed E-state index contributed by atoms with van der Waals surface area (Å²) >= 11 is 5.81. The second-order valence-electron chi connectivity index (χ2n) is 3.86. The Morgan fingerprint density at radius 2 is 2.29 bits per heavy atom. The maximum atomic E-state index is 12.3. The van der Waals surface area contributed by atoms with E-state index in [4.69, 9.17) is 16.3 Å². The third-order valence-electron chi connectivity index (χ3n) is 2.87. The largest absolute Gasteiger partial charge is 0.491 e. The number of hydrogen-bond acceptors (Lipinski definition) is 4. The summed E-state index contributed by atoms with van der Waals surface area (Å²) in [4.78, 5) is 12.3. The van der Waals surface area contributed by atoms with Gasteiger partial charge in [0.25, 0.3) is 0 Å². The van der Waals surface area contributed by atoms with Crippen molar-refractivity contribution in [3.8, 4) is 5.75 Å². The number of carbonyl (C=O) groups excluding carboxylic acids is 1. The van der Waals surface area contributed by atoms with E-state index in [1.54, 1.807) is 12.1 Å². The quantitative estimate of drug-likeness (QED) is 0.875. The molecule has 2 rings (SSSR count). The molecule has 1 aromatic rings. The highest BCUT2D eigenvalue weighted by molar-refractivity contribution is 7.86. The van der Waals surface area contributed by atoms with E-state index in [2.05, 4.69) is 0 Å². The highest BCUT2D eigenvalue weighted by Gasteiger charge is 2.47. The van der Waals surface area contributed by atoms with E-state index in [0.717, 1.165) is 0 Å². The number of aliphatic hydroxyl groups is 1. The highest BCUT2D eigenvalue weighted by atomic mass is 35.5. The molecule has 1 heterocycles. The predicted molar refractivity (Wildman–Crippen MR) is 65.2 cm³/mol. The zero-order chi connectivity index (χ0) is 12.6. The van der Waals surface area contributed by atoms with Crippen LogP contribution in [0.25, 0.3) is 0 Å².